The number of halogens is 2. The molecule has 1 fully saturated rings. The minimum atomic E-state index is -0.242. The van der Waals surface area contributed by atoms with E-state index in [4.69, 9.17) is 5.73 Å². The van der Waals surface area contributed by atoms with E-state index in [1.807, 2.05) is 0 Å². The number of rotatable bonds is 3. The lowest BCUT2D eigenvalue weighted by Gasteiger charge is -2.32. The standard InChI is InChI=1S/C14H20BrFN2/c1-13(2)5-6-14(8-13,9-17)18-10-3-4-12(16)11(15)7-10/h3-4,7,18H,5-6,8-9,17H2,1-2H3. The lowest BCUT2D eigenvalue weighted by molar-refractivity contribution is 0.351. The average Bonchev–Trinajstić information content (AvgIpc) is 2.60. The van der Waals surface area contributed by atoms with E-state index in [1.54, 1.807) is 12.1 Å². The van der Waals surface area contributed by atoms with Gasteiger partial charge in [-0.25, -0.2) is 4.39 Å². The van der Waals surface area contributed by atoms with E-state index in [9.17, 15) is 4.39 Å². The third kappa shape index (κ3) is 2.86. The molecule has 1 unspecified atom stereocenters. The van der Waals surface area contributed by atoms with Crippen LogP contribution in [-0.4, -0.2) is 12.1 Å². The molecule has 0 aliphatic heterocycles. The Morgan fingerprint density at radius 3 is 2.61 bits per heavy atom. The van der Waals surface area contributed by atoms with Gasteiger partial charge < -0.3 is 11.1 Å². The minimum absolute atomic E-state index is 0.0548. The van der Waals surface area contributed by atoms with Crippen LogP contribution in [0.25, 0.3) is 0 Å². The van der Waals surface area contributed by atoms with Crippen molar-refractivity contribution in [3.05, 3.63) is 28.5 Å². The molecule has 0 saturated heterocycles. The molecule has 100 valence electrons. The van der Waals surface area contributed by atoms with Crippen LogP contribution < -0.4 is 11.1 Å². The van der Waals surface area contributed by atoms with Crippen LogP contribution in [0, 0.1) is 11.2 Å². The Kier molecular flexibility index (Phi) is 3.70. The summed E-state index contributed by atoms with van der Waals surface area (Å²) in [4.78, 5) is 0. The highest BCUT2D eigenvalue weighted by atomic mass is 79.9. The van der Waals surface area contributed by atoms with Gasteiger partial charge in [0, 0.05) is 12.2 Å². The summed E-state index contributed by atoms with van der Waals surface area (Å²) in [6.45, 7) is 5.14. The van der Waals surface area contributed by atoms with Gasteiger partial charge in [-0.3, -0.25) is 0 Å². The Hall–Kier alpha value is -0.610. The minimum Gasteiger partial charge on any atom is -0.378 e. The molecule has 0 bridgehead atoms. The Balaban J connectivity index is 2.18. The van der Waals surface area contributed by atoms with E-state index in [2.05, 4.69) is 35.1 Å². The summed E-state index contributed by atoms with van der Waals surface area (Å²) in [7, 11) is 0. The van der Waals surface area contributed by atoms with E-state index in [1.165, 1.54) is 12.5 Å². The van der Waals surface area contributed by atoms with Crippen molar-refractivity contribution in [2.24, 2.45) is 11.1 Å². The summed E-state index contributed by atoms with van der Waals surface area (Å²) in [5, 5.41) is 3.51. The third-order valence-electron chi connectivity index (χ3n) is 3.82. The second kappa shape index (κ2) is 4.82. The summed E-state index contributed by atoms with van der Waals surface area (Å²) in [6, 6.07) is 5.01. The molecule has 0 amide bonds. The van der Waals surface area contributed by atoms with Crippen LogP contribution in [0.2, 0.25) is 0 Å². The van der Waals surface area contributed by atoms with Crippen molar-refractivity contribution in [3.8, 4) is 0 Å². The molecule has 1 atom stereocenters. The average molecular weight is 315 g/mol. The lowest BCUT2D eigenvalue weighted by atomic mass is 9.87. The van der Waals surface area contributed by atoms with Gasteiger partial charge in [0.25, 0.3) is 0 Å². The van der Waals surface area contributed by atoms with Crippen molar-refractivity contribution in [2.45, 2.75) is 38.6 Å². The van der Waals surface area contributed by atoms with Crippen LogP contribution in [0.4, 0.5) is 10.1 Å². The Labute approximate surface area is 116 Å². The van der Waals surface area contributed by atoms with Crippen molar-refractivity contribution in [2.75, 3.05) is 11.9 Å². The van der Waals surface area contributed by atoms with Gasteiger partial charge in [0.1, 0.15) is 5.82 Å². The SMILES string of the molecule is CC1(C)CCC(CN)(Nc2ccc(F)c(Br)c2)C1. The van der Waals surface area contributed by atoms with Crippen LogP contribution in [0.1, 0.15) is 33.1 Å². The van der Waals surface area contributed by atoms with Crippen molar-refractivity contribution < 1.29 is 4.39 Å². The summed E-state index contributed by atoms with van der Waals surface area (Å²) < 4.78 is 13.7. The zero-order chi connectivity index (χ0) is 13.4. The third-order valence-corrected chi connectivity index (χ3v) is 4.42. The first kappa shape index (κ1) is 13.8. The zero-order valence-corrected chi connectivity index (χ0v) is 12.5. The van der Waals surface area contributed by atoms with Gasteiger partial charge in [-0.15, -0.1) is 0 Å². The molecular formula is C14H20BrFN2. The zero-order valence-electron chi connectivity index (χ0n) is 10.9. The van der Waals surface area contributed by atoms with Crippen molar-refractivity contribution in [3.63, 3.8) is 0 Å². The first-order valence-electron chi connectivity index (χ1n) is 6.29. The maximum Gasteiger partial charge on any atom is 0.137 e. The van der Waals surface area contributed by atoms with E-state index in [0.717, 1.165) is 18.5 Å². The lowest BCUT2D eigenvalue weighted by Crippen LogP contribution is -2.43. The molecule has 0 heterocycles. The maximum atomic E-state index is 13.2. The second-order valence-corrected chi connectivity index (χ2v) is 6.93. The fraction of sp³-hybridized carbons (Fsp3) is 0.571. The predicted molar refractivity (Wildman–Crippen MR) is 77.1 cm³/mol. The van der Waals surface area contributed by atoms with E-state index < -0.39 is 0 Å². The first-order valence-corrected chi connectivity index (χ1v) is 7.09. The van der Waals surface area contributed by atoms with Gasteiger partial charge in [0.2, 0.25) is 0 Å². The van der Waals surface area contributed by atoms with Crippen LogP contribution in [0.3, 0.4) is 0 Å². The van der Waals surface area contributed by atoms with Crippen LogP contribution >= 0.6 is 15.9 Å². The molecule has 0 spiro atoms. The Bertz CT molecular complexity index is 447. The Morgan fingerprint density at radius 1 is 1.39 bits per heavy atom. The normalized spacial score (nSPS) is 26.3. The van der Waals surface area contributed by atoms with Crippen molar-refractivity contribution in [1.82, 2.24) is 0 Å². The molecule has 2 nitrogen and oxygen atoms in total. The van der Waals surface area contributed by atoms with Gasteiger partial charge >= 0.3 is 0 Å². The van der Waals surface area contributed by atoms with E-state index in [0.29, 0.717) is 16.4 Å². The molecule has 1 aromatic rings. The highest BCUT2D eigenvalue weighted by Crippen LogP contribution is 2.44. The predicted octanol–water partition coefficient (Wildman–Crippen LogP) is 3.91. The van der Waals surface area contributed by atoms with Crippen molar-refractivity contribution in [1.29, 1.82) is 0 Å². The van der Waals surface area contributed by atoms with Gasteiger partial charge in [-0.05, 0) is 58.8 Å². The molecule has 4 heteroatoms. The number of anilines is 1. The first-order chi connectivity index (χ1) is 8.36. The molecule has 2 rings (SSSR count). The largest absolute Gasteiger partial charge is 0.378 e. The van der Waals surface area contributed by atoms with Gasteiger partial charge in [-0.1, -0.05) is 13.8 Å². The number of benzene rings is 1. The van der Waals surface area contributed by atoms with Crippen LogP contribution in [-0.2, 0) is 0 Å². The monoisotopic (exact) mass is 314 g/mol. The summed E-state index contributed by atoms with van der Waals surface area (Å²) >= 11 is 3.21. The van der Waals surface area contributed by atoms with E-state index in [-0.39, 0.29) is 11.4 Å². The van der Waals surface area contributed by atoms with E-state index >= 15 is 0 Å². The molecule has 0 aromatic heterocycles. The summed E-state index contributed by atoms with van der Waals surface area (Å²) in [6.07, 6.45) is 3.27. The quantitative estimate of drug-likeness (QED) is 0.887. The molecule has 18 heavy (non-hydrogen) atoms. The van der Waals surface area contributed by atoms with Crippen molar-refractivity contribution >= 4 is 21.6 Å². The molecule has 1 aromatic carbocycles. The molecule has 3 N–H and O–H groups in total. The molecular weight excluding hydrogens is 295 g/mol. The summed E-state index contributed by atoms with van der Waals surface area (Å²) in [5.74, 6) is -0.242. The fourth-order valence-electron chi connectivity index (χ4n) is 2.88. The number of hydrogen-bond acceptors (Lipinski definition) is 2. The molecule has 1 aliphatic rings. The number of nitrogens with two attached hydrogens (primary N) is 1. The van der Waals surface area contributed by atoms with Crippen LogP contribution in [0.15, 0.2) is 22.7 Å². The van der Waals surface area contributed by atoms with Gasteiger partial charge in [-0.2, -0.15) is 0 Å². The van der Waals surface area contributed by atoms with Gasteiger partial charge in [0.15, 0.2) is 0 Å². The highest BCUT2D eigenvalue weighted by Gasteiger charge is 2.42. The molecule has 1 saturated carbocycles. The smallest absolute Gasteiger partial charge is 0.137 e. The fourth-order valence-corrected chi connectivity index (χ4v) is 3.26. The topological polar surface area (TPSA) is 38.0 Å². The second-order valence-electron chi connectivity index (χ2n) is 6.08. The van der Waals surface area contributed by atoms with Gasteiger partial charge in [0.05, 0.1) is 10.0 Å². The van der Waals surface area contributed by atoms with Crippen LogP contribution in [0.5, 0.6) is 0 Å². The number of hydrogen-bond donors (Lipinski definition) is 2. The Morgan fingerprint density at radius 2 is 2.11 bits per heavy atom. The summed E-state index contributed by atoms with van der Waals surface area (Å²) in [5.41, 5.74) is 7.15. The maximum absolute atomic E-state index is 13.2. The number of nitrogens with one attached hydrogen (secondary N) is 1. The highest BCUT2D eigenvalue weighted by molar-refractivity contribution is 9.10. The molecule has 1 aliphatic carbocycles. The molecule has 0 radical (unpaired) electrons.